The minimum Gasteiger partial charge on any atom is -0.381 e. The zero-order valence-electron chi connectivity index (χ0n) is 14.4. The van der Waals surface area contributed by atoms with Gasteiger partial charge < -0.3 is 10.4 Å². The number of benzene rings is 1. The molecule has 1 aromatic rings. The monoisotopic (exact) mass is 376 g/mol. The molecule has 0 bridgehead atoms. The van der Waals surface area contributed by atoms with E-state index in [0.29, 0.717) is 18.4 Å². The van der Waals surface area contributed by atoms with Crippen molar-refractivity contribution in [2.75, 3.05) is 0 Å². The lowest BCUT2D eigenvalue weighted by molar-refractivity contribution is -0.149. The molecule has 4 N–H and O–H groups in total. The van der Waals surface area contributed by atoms with Crippen LogP contribution < -0.4 is 10.8 Å². The average Bonchev–Trinajstić information content (AvgIpc) is 3.47. The van der Waals surface area contributed by atoms with E-state index in [1.807, 2.05) is 5.32 Å². The zero-order chi connectivity index (χ0) is 20.0. The molecule has 1 saturated carbocycles. The number of carbonyl (C=O) groups is 2. The maximum Gasteiger partial charge on any atom is 0.269 e. The van der Waals surface area contributed by atoms with Crippen molar-refractivity contribution in [1.82, 2.24) is 10.8 Å². The van der Waals surface area contributed by atoms with E-state index in [4.69, 9.17) is 5.21 Å². The average molecular weight is 376 g/mol. The normalized spacial score (nSPS) is 16.1. The summed E-state index contributed by atoms with van der Waals surface area (Å²) in [6.45, 7) is 0.680. The minimum atomic E-state index is -3.34. The van der Waals surface area contributed by atoms with E-state index < -0.39 is 29.9 Å². The van der Waals surface area contributed by atoms with Crippen molar-refractivity contribution in [3.05, 3.63) is 35.4 Å². The van der Waals surface area contributed by atoms with Gasteiger partial charge in [-0.3, -0.25) is 14.8 Å². The van der Waals surface area contributed by atoms with Crippen LogP contribution in [0, 0.1) is 29.6 Å². The number of aliphatic hydroxyl groups is 1. The van der Waals surface area contributed by atoms with Crippen LogP contribution in [-0.2, 0) is 4.79 Å². The van der Waals surface area contributed by atoms with Crippen LogP contribution in [-0.4, -0.2) is 40.2 Å². The first-order chi connectivity index (χ1) is 12.8. The number of carbonyl (C=O) groups excluding carboxylic acids is 2. The lowest BCUT2D eigenvalue weighted by Gasteiger charge is -2.30. The number of hydroxylamine groups is 1. The molecule has 0 radical (unpaired) electrons. The lowest BCUT2D eigenvalue weighted by Crippen LogP contribution is -2.61. The van der Waals surface area contributed by atoms with Gasteiger partial charge in [-0.05, 0) is 55.9 Å². The molecule has 2 unspecified atom stereocenters. The summed E-state index contributed by atoms with van der Waals surface area (Å²) in [5, 5.41) is 20.5. The first kappa shape index (κ1) is 20.4. The number of hydrogen-bond donors (Lipinski definition) is 4. The smallest absolute Gasteiger partial charge is 0.269 e. The number of rotatable bonds is 5. The van der Waals surface area contributed by atoms with Crippen LogP contribution in [0.2, 0.25) is 0 Å². The number of nitrogens with one attached hydrogen (secondary N) is 2. The van der Waals surface area contributed by atoms with Crippen molar-refractivity contribution in [2.45, 2.75) is 37.8 Å². The van der Waals surface area contributed by atoms with Crippen molar-refractivity contribution in [3.63, 3.8) is 0 Å². The molecule has 0 heterocycles. The van der Waals surface area contributed by atoms with Gasteiger partial charge in [-0.1, -0.05) is 11.8 Å². The first-order valence-corrected chi connectivity index (χ1v) is 8.12. The Morgan fingerprint density at radius 3 is 2.37 bits per heavy atom. The third kappa shape index (κ3) is 5.52. The fraction of sp³-hybridized carbons (Fsp3) is 0.368. The van der Waals surface area contributed by atoms with Gasteiger partial charge in [-0.2, -0.15) is 0 Å². The maximum atomic E-state index is 13.0. The Morgan fingerprint density at radius 2 is 1.85 bits per heavy atom. The predicted octanol–water partition coefficient (Wildman–Crippen LogP) is 1.07. The van der Waals surface area contributed by atoms with Gasteiger partial charge in [0.2, 0.25) is 0 Å². The van der Waals surface area contributed by atoms with Gasteiger partial charge in [0.15, 0.2) is 5.60 Å². The Morgan fingerprint density at radius 1 is 1.22 bits per heavy atom. The van der Waals surface area contributed by atoms with Gasteiger partial charge in [0, 0.05) is 17.0 Å². The van der Waals surface area contributed by atoms with Crippen LogP contribution in [0.5, 0.6) is 0 Å². The molecule has 2 rings (SSSR count). The van der Waals surface area contributed by atoms with E-state index in [2.05, 4.69) is 23.7 Å². The largest absolute Gasteiger partial charge is 0.381 e. The summed E-state index contributed by atoms with van der Waals surface area (Å²) in [6.07, 6.45) is -1.13. The molecule has 0 aliphatic heterocycles. The quantitative estimate of drug-likeness (QED) is 0.351. The van der Waals surface area contributed by atoms with Crippen LogP contribution in [0.25, 0.3) is 0 Å². The predicted molar refractivity (Wildman–Crippen MR) is 91.6 cm³/mol. The highest BCUT2D eigenvalue weighted by Gasteiger charge is 2.46. The SMILES string of the molecule is CC(O)(C(F)F)C(NC(=O)c1ccc(C#CC#CC2CC2)cc1)C(=O)NO. The Bertz CT molecular complexity index is 825. The van der Waals surface area contributed by atoms with E-state index in [0.717, 1.165) is 18.3 Å². The molecule has 0 saturated heterocycles. The summed E-state index contributed by atoms with van der Waals surface area (Å²) < 4.78 is 26.0. The maximum absolute atomic E-state index is 13.0. The van der Waals surface area contributed by atoms with E-state index in [-0.39, 0.29) is 5.56 Å². The molecule has 8 heteroatoms. The van der Waals surface area contributed by atoms with Crippen molar-refractivity contribution >= 4 is 11.8 Å². The second-order valence-electron chi connectivity index (χ2n) is 6.28. The van der Waals surface area contributed by atoms with Crippen molar-refractivity contribution in [1.29, 1.82) is 0 Å². The fourth-order valence-electron chi connectivity index (χ4n) is 2.06. The third-order valence-corrected chi connectivity index (χ3v) is 3.94. The molecule has 0 spiro atoms. The van der Waals surface area contributed by atoms with Crippen LogP contribution in [0.1, 0.15) is 35.7 Å². The molecule has 1 aliphatic carbocycles. The molecular weight excluding hydrogens is 358 g/mol. The standard InChI is InChI=1S/C19H18F2N2O4/c1-19(26,18(20)21)15(17(25)23-27)22-16(24)14-10-8-13(9-11-14)5-3-2-4-12-6-7-12/h8-12,15,18,26-27H,6-7H2,1H3,(H,22,24)(H,23,25). The van der Waals surface area contributed by atoms with Crippen LogP contribution in [0.3, 0.4) is 0 Å². The minimum absolute atomic E-state index is 0.0606. The molecule has 1 aliphatic rings. The second-order valence-corrected chi connectivity index (χ2v) is 6.28. The highest BCUT2D eigenvalue weighted by Crippen LogP contribution is 2.27. The summed E-state index contributed by atoms with van der Waals surface area (Å²) >= 11 is 0. The molecule has 1 fully saturated rings. The molecule has 2 amide bonds. The number of halogens is 2. The van der Waals surface area contributed by atoms with Crippen LogP contribution in [0.4, 0.5) is 8.78 Å². The van der Waals surface area contributed by atoms with E-state index in [9.17, 15) is 23.5 Å². The van der Waals surface area contributed by atoms with Gasteiger partial charge in [-0.25, -0.2) is 14.3 Å². The molecule has 0 aromatic heterocycles. The summed E-state index contributed by atoms with van der Waals surface area (Å²) in [5.41, 5.74) is -1.07. The number of hydrogen-bond acceptors (Lipinski definition) is 4. The van der Waals surface area contributed by atoms with Gasteiger partial charge in [0.25, 0.3) is 18.2 Å². The summed E-state index contributed by atoms with van der Waals surface area (Å²) in [5.74, 6) is 9.44. The summed E-state index contributed by atoms with van der Waals surface area (Å²) in [6, 6.07) is 3.78. The lowest BCUT2D eigenvalue weighted by atomic mass is 9.95. The number of amides is 2. The number of alkyl halides is 2. The second kappa shape index (κ2) is 8.63. The van der Waals surface area contributed by atoms with E-state index in [1.54, 1.807) is 0 Å². The summed E-state index contributed by atoms with van der Waals surface area (Å²) in [7, 11) is 0. The highest BCUT2D eigenvalue weighted by atomic mass is 19.3. The first-order valence-electron chi connectivity index (χ1n) is 8.12. The fourth-order valence-corrected chi connectivity index (χ4v) is 2.06. The van der Waals surface area contributed by atoms with Crippen molar-refractivity contribution < 1.29 is 28.7 Å². The molecule has 1 aromatic carbocycles. The highest BCUT2D eigenvalue weighted by molar-refractivity contribution is 5.97. The van der Waals surface area contributed by atoms with Gasteiger partial charge in [0.1, 0.15) is 6.04 Å². The topological polar surface area (TPSA) is 98.7 Å². The zero-order valence-corrected chi connectivity index (χ0v) is 14.4. The molecule has 27 heavy (non-hydrogen) atoms. The van der Waals surface area contributed by atoms with Crippen LogP contribution >= 0.6 is 0 Å². The van der Waals surface area contributed by atoms with Crippen molar-refractivity contribution in [3.8, 4) is 23.7 Å². The Balaban J connectivity index is 2.09. The molecular formula is C19H18F2N2O4. The Hall–Kier alpha value is -2.94. The van der Waals surface area contributed by atoms with Gasteiger partial charge in [-0.15, -0.1) is 0 Å². The van der Waals surface area contributed by atoms with Gasteiger partial charge >= 0.3 is 0 Å². The third-order valence-electron chi connectivity index (χ3n) is 3.94. The molecule has 2 atom stereocenters. The Kier molecular flexibility index (Phi) is 6.51. The molecule has 142 valence electrons. The van der Waals surface area contributed by atoms with Crippen LogP contribution in [0.15, 0.2) is 24.3 Å². The van der Waals surface area contributed by atoms with Gasteiger partial charge in [0.05, 0.1) is 0 Å². The summed E-state index contributed by atoms with van der Waals surface area (Å²) in [4.78, 5) is 23.8. The van der Waals surface area contributed by atoms with Crippen molar-refractivity contribution in [2.24, 2.45) is 5.92 Å². The molecule has 6 nitrogen and oxygen atoms in total. The van der Waals surface area contributed by atoms with E-state index in [1.165, 1.54) is 24.3 Å². The van der Waals surface area contributed by atoms with E-state index >= 15 is 0 Å². The Labute approximate surface area is 154 Å².